The second-order valence-electron chi connectivity index (χ2n) is 5.73. The minimum Gasteiger partial charge on any atom is -0.378 e. The Morgan fingerprint density at radius 3 is 2.64 bits per heavy atom. The van der Waals surface area contributed by atoms with Crippen molar-refractivity contribution in [2.75, 3.05) is 36.6 Å². The molecule has 0 radical (unpaired) electrons. The third-order valence-electron chi connectivity index (χ3n) is 3.81. The molecule has 3 rings (SSSR count). The summed E-state index contributed by atoms with van der Waals surface area (Å²) in [6.07, 6.45) is 0. The molecule has 0 unspecified atom stereocenters. The number of hydrazone groups is 1. The smallest absolute Gasteiger partial charge is 0.227 e. The number of nitrogens with zero attached hydrogens (tertiary/aromatic N) is 4. The Bertz CT molecular complexity index is 791. The highest BCUT2D eigenvalue weighted by Gasteiger charge is 2.15. The second kappa shape index (κ2) is 7.99. The lowest BCUT2D eigenvalue weighted by molar-refractivity contribution is 0.122. The van der Waals surface area contributed by atoms with E-state index in [0.29, 0.717) is 35.0 Å². The number of halogens is 2. The molecule has 1 aliphatic rings. The fourth-order valence-corrected chi connectivity index (χ4v) is 2.74. The summed E-state index contributed by atoms with van der Waals surface area (Å²) in [6, 6.07) is 7.27. The number of rotatable bonds is 4. The van der Waals surface area contributed by atoms with Gasteiger partial charge in [0.1, 0.15) is 0 Å². The Morgan fingerprint density at radius 2 is 1.92 bits per heavy atom. The number of ether oxygens (including phenoxy) is 1. The summed E-state index contributed by atoms with van der Waals surface area (Å²) in [5.41, 5.74) is 5.55. The van der Waals surface area contributed by atoms with E-state index >= 15 is 0 Å². The Labute approximate surface area is 156 Å². The van der Waals surface area contributed by atoms with Crippen molar-refractivity contribution in [1.82, 2.24) is 9.97 Å². The van der Waals surface area contributed by atoms with E-state index in [1.807, 2.05) is 26.0 Å². The van der Waals surface area contributed by atoms with Gasteiger partial charge in [-0.3, -0.25) is 5.43 Å². The average Bonchev–Trinajstić information content (AvgIpc) is 2.62. The lowest BCUT2D eigenvalue weighted by Gasteiger charge is -2.27. The summed E-state index contributed by atoms with van der Waals surface area (Å²) in [5.74, 6) is 1.33. The van der Waals surface area contributed by atoms with E-state index in [4.69, 9.17) is 27.9 Å². The molecule has 0 bridgehead atoms. The quantitative estimate of drug-likeness (QED) is 0.646. The van der Waals surface area contributed by atoms with E-state index in [-0.39, 0.29) is 0 Å². The van der Waals surface area contributed by atoms with Crippen LogP contribution < -0.4 is 10.3 Å². The molecule has 0 aliphatic carbocycles. The normalized spacial score (nSPS) is 15.4. The van der Waals surface area contributed by atoms with Gasteiger partial charge in [0.25, 0.3) is 0 Å². The first-order valence-corrected chi connectivity index (χ1v) is 8.72. The molecule has 0 amide bonds. The molecule has 132 valence electrons. The van der Waals surface area contributed by atoms with Crippen LogP contribution in [-0.4, -0.2) is 42.0 Å². The van der Waals surface area contributed by atoms with Gasteiger partial charge < -0.3 is 9.64 Å². The highest BCUT2D eigenvalue weighted by Crippen LogP contribution is 2.23. The maximum atomic E-state index is 6.06. The number of benzene rings is 1. The van der Waals surface area contributed by atoms with Crippen molar-refractivity contribution in [1.29, 1.82) is 0 Å². The Balaban J connectivity index is 1.77. The molecule has 1 fully saturated rings. The molecule has 8 heteroatoms. The molecule has 1 aromatic heterocycles. The zero-order valence-corrected chi connectivity index (χ0v) is 15.6. The molecule has 0 saturated carbocycles. The summed E-state index contributed by atoms with van der Waals surface area (Å²) in [4.78, 5) is 11.2. The lowest BCUT2D eigenvalue weighted by Crippen LogP contribution is -2.37. The van der Waals surface area contributed by atoms with Crippen molar-refractivity contribution < 1.29 is 4.74 Å². The van der Waals surface area contributed by atoms with Gasteiger partial charge >= 0.3 is 0 Å². The van der Waals surface area contributed by atoms with Crippen LogP contribution in [0.25, 0.3) is 0 Å². The topological polar surface area (TPSA) is 62.6 Å². The molecule has 0 atom stereocenters. The SMILES string of the molecule is C/C(=N/Nc1cc(C)nc(N2CCOCC2)n1)c1ccc(Cl)c(Cl)c1. The summed E-state index contributed by atoms with van der Waals surface area (Å²) < 4.78 is 5.37. The van der Waals surface area contributed by atoms with Crippen LogP contribution in [0.2, 0.25) is 10.0 Å². The Morgan fingerprint density at radius 1 is 1.16 bits per heavy atom. The number of morpholine rings is 1. The molecule has 2 aromatic rings. The molecule has 1 aliphatic heterocycles. The molecular formula is C17H19Cl2N5O. The monoisotopic (exact) mass is 379 g/mol. The summed E-state index contributed by atoms with van der Waals surface area (Å²) >= 11 is 12.0. The number of nitrogens with one attached hydrogen (secondary N) is 1. The van der Waals surface area contributed by atoms with Gasteiger partial charge in [-0.25, -0.2) is 4.98 Å². The van der Waals surface area contributed by atoms with E-state index in [2.05, 4.69) is 25.4 Å². The Hall–Kier alpha value is -1.89. The van der Waals surface area contributed by atoms with E-state index in [0.717, 1.165) is 30.1 Å². The first kappa shape index (κ1) is 17.9. The summed E-state index contributed by atoms with van der Waals surface area (Å²) in [7, 11) is 0. The van der Waals surface area contributed by atoms with Crippen LogP contribution in [0.4, 0.5) is 11.8 Å². The van der Waals surface area contributed by atoms with Crippen molar-refractivity contribution in [2.45, 2.75) is 13.8 Å². The van der Waals surface area contributed by atoms with Crippen molar-refractivity contribution >= 4 is 40.7 Å². The maximum absolute atomic E-state index is 6.06. The molecular weight excluding hydrogens is 361 g/mol. The number of anilines is 2. The molecule has 0 spiro atoms. The lowest BCUT2D eigenvalue weighted by atomic mass is 10.1. The van der Waals surface area contributed by atoms with Crippen LogP contribution >= 0.6 is 23.2 Å². The number of hydrogen-bond donors (Lipinski definition) is 1. The standard InChI is InChI=1S/C17H19Cl2N5O/c1-11-9-16(21-17(20-11)24-5-7-25-8-6-24)23-22-12(2)13-3-4-14(18)15(19)10-13/h3-4,9-10H,5-8H2,1-2H3,(H,20,21,23)/b22-12-. The first-order chi connectivity index (χ1) is 12.0. The van der Waals surface area contributed by atoms with Gasteiger partial charge in [0.2, 0.25) is 5.95 Å². The fraction of sp³-hybridized carbons (Fsp3) is 0.353. The predicted octanol–water partition coefficient (Wildman–Crippen LogP) is 3.76. The van der Waals surface area contributed by atoms with Crippen LogP contribution in [0.15, 0.2) is 29.4 Å². The number of hydrogen-bond acceptors (Lipinski definition) is 6. The van der Waals surface area contributed by atoms with Gasteiger partial charge in [0, 0.05) is 24.8 Å². The summed E-state index contributed by atoms with van der Waals surface area (Å²) in [5, 5.41) is 5.42. The van der Waals surface area contributed by atoms with Crippen molar-refractivity contribution in [3.8, 4) is 0 Å². The van der Waals surface area contributed by atoms with E-state index in [1.54, 1.807) is 12.1 Å². The molecule has 1 saturated heterocycles. The largest absolute Gasteiger partial charge is 0.378 e. The van der Waals surface area contributed by atoms with E-state index < -0.39 is 0 Å². The number of aromatic nitrogens is 2. The van der Waals surface area contributed by atoms with Gasteiger partial charge in [-0.15, -0.1) is 0 Å². The highest BCUT2D eigenvalue weighted by atomic mass is 35.5. The zero-order valence-electron chi connectivity index (χ0n) is 14.1. The maximum Gasteiger partial charge on any atom is 0.227 e. The first-order valence-electron chi connectivity index (χ1n) is 7.97. The van der Waals surface area contributed by atoms with Crippen molar-refractivity contribution in [3.63, 3.8) is 0 Å². The number of aryl methyl sites for hydroxylation is 1. The summed E-state index contributed by atoms with van der Waals surface area (Å²) in [6.45, 7) is 6.78. The highest BCUT2D eigenvalue weighted by molar-refractivity contribution is 6.42. The van der Waals surface area contributed by atoms with Gasteiger partial charge in [-0.1, -0.05) is 29.3 Å². The van der Waals surface area contributed by atoms with Crippen LogP contribution in [0.5, 0.6) is 0 Å². The third-order valence-corrected chi connectivity index (χ3v) is 4.55. The molecule has 1 N–H and O–H groups in total. The average molecular weight is 380 g/mol. The van der Waals surface area contributed by atoms with Gasteiger partial charge in [0.15, 0.2) is 5.82 Å². The zero-order chi connectivity index (χ0) is 17.8. The van der Waals surface area contributed by atoms with Crippen LogP contribution in [0, 0.1) is 6.92 Å². The minimum absolute atomic E-state index is 0.501. The van der Waals surface area contributed by atoms with Crippen molar-refractivity contribution in [2.24, 2.45) is 5.10 Å². The second-order valence-corrected chi connectivity index (χ2v) is 6.55. The fourth-order valence-electron chi connectivity index (χ4n) is 2.44. The molecule has 6 nitrogen and oxygen atoms in total. The molecule has 25 heavy (non-hydrogen) atoms. The Kier molecular flexibility index (Phi) is 5.73. The van der Waals surface area contributed by atoms with Crippen LogP contribution in [0.1, 0.15) is 18.2 Å². The van der Waals surface area contributed by atoms with Gasteiger partial charge in [0.05, 0.1) is 29.0 Å². The minimum atomic E-state index is 0.501. The van der Waals surface area contributed by atoms with Crippen LogP contribution in [-0.2, 0) is 4.74 Å². The van der Waals surface area contributed by atoms with Gasteiger partial charge in [-0.05, 0) is 31.5 Å². The van der Waals surface area contributed by atoms with E-state index in [9.17, 15) is 0 Å². The van der Waals surface area contributed by atoms with Gasteiger partial charge in [-0.2, -0.15) is 10.1 Å². The predicted molar refractivity (Wildman–Crippen MR) is 102 cm³/mol. The van der Waals surface area contributed by atoms with Crippen molar-refractivity contribution in [3.05, 3.63) is 45.6 Å². The third kappa shape index (κ3) is 4.60. The van der Waals surface area contributed by atoms with Crippen LogP contribution in [0.3, 0.4) is 0 Å². The van der Waals surface area contributed by atoms with E-state index in [1.165, 1.54) is 0 Å². The molecule has 1 aromatic carbocycles. The molecule has 2 heterocycles.